The Balaban J connectivity index is 0.00000162. The number of hydrogen-bond donors (Lipinski definition) is 1. The van der Waals surface area contributed by atoms with Crippen LogP contribution in [0.2, 0.25) is 0 Å². The van der Waals surface area contributed by atoms with Crippen molar-refractivity contribution < 1.29 is 9.13 Å². The van der Waals surface area contributed by atoms with Crippen LogP contribution in [-0.4, -0.2) is 16.7 Å². The Labute approximate surface area is 111 Å². The van der Waals surface area contributed by atoms with Crippen molar-refractivity contribution in [3.63, 3.8) is 0 Å². The summed E-state index contributed by atoms with van der Waals surface area (Å²) in [5, 5.41) is 0. The first-order valence-electron chi connectivity index (χ1n) is 5.18. The predicted molar refractivity (Wildman–Crippen MR) is 69.4 cm³/mol. The first kappa shape index (κ1) is 14.5. The molecule has 0 aliphatic carbocycles. The SMILES string of the molecule is COc1ccc(C(N)c2cncn2C)cc1F.Cl. The maximum absolute atomic E-state index is 13.6. The van der Waals surface area contributed by atoms with Gasteiger partial charge >= 0.3 is 0 Å². The first-order chi connectivity index (χ1) is 8.13. The summed E-state index contributed by atoms with van der Waals surface area (Å²) in [6.45, 7) is 0. The number of aryl methyl sites for hydroxylation is 1. The first-order valence-corrected chi connectivity index (χ1v) is 5.18. The van der Waals surface area contributed by atoms with Gasteiger partial charge in [-0.15, -0.1) is 12.4 Å². The summed E-state index contributed by atoms with van der Waals surface area (Å²) in [7, 11) is 3.28. The third kappa shape index (κ3) is 2.63. The number of imidazole rings is 1. The summed E-state index contributed by atoms with van der Waals surface area (Å²) in [4.78, 5) is 3.99. The Hall–Kier alpha value is -1.59. The standard InChI is InChI=1S/C12H14FN3O.ClH/c1-16-7-15-6-10(16)12(14)8-3-4-11(17-2)9(13)5-8;/h3-7,12H,14H2,1-2H3;1H. The Morgan fingerprint density at radius 1 is 1.44 bits per heavy atom. The van der Waals surface area contributed by atoms with E-state index in [2.05, 4.69) is 4.98 Å². The van der Waals surface area contributed by atoms with Crippen LogP contribution in [0.15, 0.2) is 30.7 Å². The normalized spacial score (nSPS) is 11.8. The van der Waals surface area contributed by atoms with Crippen LogP contribution < -0.4 is 10.5 Å². The van der Waals surface area contributed by atoms with Gasteiger partial charge in [0.25, 0.3) is 0 Å². The molecule has 2 N–H and O–H groups in total. The molecule has 2 aromatic rings. The van der Waals surface area contributed by atoms with Crippen molar-refractivity contribution in [3.8, 4) is 5.75 Å². The molecule has 0 saturated heterocycles. The Bertz CT molecular complexity index is 530. The number of methoxy groups -OCH3 is 1. The molecule has 0 fully saturated rings. The average molecular weight is 272 g/mol. The van der Waals surface area contributed by atoms with Gasteiger partial charge in [0.05, 0.1) is 31.4 Å². The van der Waals surface area contributed by atoms with Gasteiger partial charge in [-0.1, -0.05) is 6.07 Å². The Morgan fingerprint density at radius 2 is 2.17 bits per heavy atom. The van der Waals surface area contributed by atoms with Gasteiger partial charge in [0.1, 0.15) is 0 Å². The summed E-state index contributed by atoms with van der Waals surface area (Å²) >= 11 is 0. The van der Waals surface area contributed by atoms with Crippen LogP contribution in [0.3, 0.4) is 0 Å². The molecule has 98 valence electrons. The van der Waals surface area contributed by atoms with Gasteiger partial charge in [-0.05, 0) is 17.7 Å². The number of benzene rings is 1. The lowest BCUT2D eigenvalue weighted by molar-refractivity contribution is 0.386. The quantitative estimate of drug-likeness (QED) is 0.929. The molecular weight excluding hydrogens is 257 g/mol. The molecule has 2 rings (SSSR count). The molecule has 0 spiro atoms. The summed E-state index contributed by atoms with van der Waals surface area (Å²) < 4.78 is 20.2. The number of rotatable bonds is 3. The van der Waals surface area contributed by atoms with Gasteiger partial charge in [-0.3, -0.25) is 0 Å². The fourth-order valence-corrected chi connectivity index (χ4v) is 1.71. The molecule has 1 aromatic heterocycles. The third-order valence-electron chi connectivity index (χ3n) is 2.71. The second-order valence-electron chi connectivity index (χ2n) is 3.80. The molecule has 1 aromatic carbocycles. The Kier molecular flexibility index (Phi) is 4.69. The molecular formula is C12H15ClFN3O. The van der Waals surface area contributed by atoms with Crippen LogP contribution in [-0.2, 0) is 7.05 Å². The predicted octanol–water partition coefficient (Wildman–Crippen LogP) is 2.04. The molecule has 0 saturated carbocycles. The molecule has 0 aliphatic rings. The fourth-order valence-electron chi connectivity index (χ4n) is 1.71. The Morgan fingerprint density at radius 3 is 2.67 bits per heavy atom. The van der Waals surface area contributed by atoms with E-state index in [1.54, 1.807) is 24.7 Å². The van der Waals surface area contributed by atoms with Crippen molar-refractivity contribution in [2.24, 2.45) is 12.8 Å². The molecule has 1 unspecified atom stereocenters. The van der Waals surface area contributed by atoms with Crippen LogP contribution >= 0.6 is 12.4 Å². The lowest BCUT2D eigenvalue weighted by atomic mass is 10.0. The topological polar surface area (TPSA) is 53.1 Å². The molecule has 0 bridgehead atoms. The lowest BCUT2D eigenvalue weighted by Gasteiger charge is -2.13. The number of nitrogens with two attached hydrogens (primary N) is 1. The van der Waals surface area contributed by atoms with Crippen LogP contribution in [0, 0.1) is 5.82 Å². The van der Waals surface area contributed by atoms with Crippen molar-refractivity contribution in [2.45, 2.75) is 6.04 Å². The summed E-state index contributed by atoms with van der Waals surface area (Å²) in [5.41, 5.74) is 7.57. The van der Waals surface area contributed by atoms with E-state index < -0.39 is 11.9 Å². The number of halogens is 2. The van der Waals surface area contributed by atoms with Crippen molar-refractivity contribution in [1.29, 1.82) is 0 Å². The van der Waals surface area contributed by atoms with Gasteiger partial charge < -0.3 is 15.0 Å². The highest BCUT2D eigenvalue weighted by molar-refractivity contribution is 5.85. The number of hydrogen-bond acceptors (Lipinski definition) is 3. The van der Waals surface area contributed by atoms with Gasteiger partial charge in [0.2, 0.25) is 0 Å². The van der Waals surface area contributed by atoms with Crippen LogP contribution in [0.1, 0.15) is 17.3 Å². The van der Waals surface area contributed by atoms with Crippen molar-refractivity contribution >= 4 is 12.4 Å². The molecule has 1 heterocycles. The van der Waals surface area contributed by atoms with Crippen molar-refractivity contribution in [1.82, 2.24) is 9.55 Å². The van der Waals surface area contributed by atoms with Gasteiger partial charge in [0, 0.05) is 7.05 Å². The second kappa shape index (κ2) is 5.84. The summed E-state index contributed by atoms with van der Waals surface area (Å²) in [6, 6.07) is 4.31. The minimum Gasteiger partial charge on any atom is -0.494 e. The molecule has 0 radical (unpaired) electrons. The highest BCUT2D eigenvalue weighted by Crippen LogP contribution is 2.24. The fraction of sp³-hybridized carbons (Fsp3) is 0.250. The molecule has 6 heteroatoms. The van der Waals surface area contributed by atoms with Crippen LogP contribution in [0.25, 0.3) is 0 Å². The monoisotopic (exact) mass is 271 g/mol. The lowest BCUT2D eigenvalue weighted by Crippen LogP contribution is -2.15. The van der Waals surface area contributed by atoms with Gasteiger partial charge in [0.15, 0.2) is 11.6 Å². The number of aromatic nitrogens is 2. The average Bonchev–Trinajstić information content (AvgIpc) is 2.74. The van der Waals surface area contributed by atoms with Gasteiger partial charge in [-0.25, -0.2) is 9.37 Å². The van der Waals surface area contributed by atoms with E-state index in [0.29, 0.717) is 5.56 Å². The van der Waals surface area contributed by atoms with E-state index in [-0.39, 0.29) is 18.2 Å². The zero-order valence-corrected chi connectivity index (χ0v) is 10.9. The molecule has 4 nitrogen and oxygen atoms in total. The van der Waals surface area contributed by atoms with E-state index in [0.717, 1.165) is 5.69 Å². The van der Waals surface area contributed by atoms with E-state index in [4.69, 9.17) is 10.5 Å². The maximum Gasteiger partial charge on any atom is 0.165 e. The van der Waals surface area contributed by atoms with E-state index in [1.807, 2.05) is 11.6 Å². The molecule has 1 atom stereocenters. The second-order valence-corrected chi connectivity index (χ2v) is 3.80. The van der Waals surface area contributed by atoms with Crippen LogP contribution in [0.4, 0.5) is 4.39 Å². The minimum atomic E-state index is -0.414. The minimum absolute atomic E-state index is 0. The third-order valence-corrected chi connectivity index (χ3v) is 2.71. The zero-order chi connectivity index (χ0) is 12.4. The summed E-state index contributed by atoms with van der Waals surface area (Å²) in [6.07, 6.45) is 3.34. The smallest absolute Gasteiger partial charge is 0.165 e. The maximum atomic E-state index is 13.6. The van der Waals surface area contributed by atoms with Crippen molar-refractivity contribution in [2.75, 3.05) is 7.11 Å². The van der Waals surface area contributed by atoms with Gasteiger partial charge in [-0.2, -0.15) is 0 Å². The number of ether oxygens (including phenoxy) is 1. The largest absolute Gasteiger partial charge is 0.494 e. The molecule has 18 heavy (non-hydrogen) atoms. The van der Waals surface area contributed by atoms with E-state index in [1.165, 1.54) is 13.2 Å². The van der Waals surface area contributed by atoms with Crippen molar-refractivity contribution in [3.05, 3.63) is 47.8 Å². The van der Waals surface area contributed by atoms with E-state index in [9.17, 15) is 4.39 Å². The van der Waals surface area contributed by atoms with Crippen LogP contribution in [0.5, 0.6) is 5.75 Å². The number of nitrogens with zero attached hydrogens (tertiary/aromatic N) is 2. The highest BCUT2D eigenvalue weighted by atomic mass is 35.5. The highest BCUT2D eigenvalue weighted by Gasteiger charge is 2.14. The zero-order valence-electron chi connectivity index (χ0n) is 10.1. The molecule has 0 amide bonds. The van der Waals surface area contributed by atoms with E-state index >= 15 is 0 Å². The summed E-state index contributed by atoms with van der Waals surface area (Å²) in [5.74, 6) is -0.200. The molecule has 0 aliphatic heterocycles.